The van der Waals surface area contributed by atoms with Gasteiger partial charge in [0.05, 0.1) is 5.56 Å². The van der Waals surface area contributed by atoms with Crippen LogP contribution in [0.25, 0.3) is 0 Å². The van der Waals surface area contributed by atoms with Crippen LogP contribution in [0.5, 0.6) is 0 Å². The van der Waals surface area contributed by atoms with Crippen molar-refractivity contribution in [2.45, 2.75) is 42.2 Å². The summed E-state index contributed by atoms with van der Waals surface area (Å²) in [7, 11) is 0. The summed E-state index contributed by atoms with van der Waals surface area (Å²) in [5.74, 6) is 0. The summed E-state index contributed by atoms with van der Waals surface area (Å²) in [5, 5.41) is 18.4. The monoisotopic (exact) mass is 243 g/mol. The van der Waals surface area contributed by atoms with Crippen LogP contribution in [0, 0.1) is 22.7 Å². The molecule has 1 heterocycles. The molecular weight excluding hydrogens is 230 g/mol. The van der Waals surface area contributed by atoms with E-state index in [1.165, 1.54) is 38.3 Å². The Labute approximate surface area is 105 Å². The van der Waals surface area contributed by atoms with E-state index < -0.39 is 0 Å². The molecule has 0 unspecified atom stereocenters. The SMILES string of the molecule is N#Cc1cnc(C#N)c(SC2CCCCC2)c1. The Morgan fingerprint density at radius 1 is 1.18 bits per heavy atom. The standard InChI is InChI=1S/C13H13N3S/c14-7-10-6-13(12(8-15)16-9-10)17-11-4-2-1-3-5-11/h6,9,11H,1-5H2. The smallest absolute Gasteiger partial charge is 0.154 e. The maximum Gasteiger partial charge on any atom is 0.154 e. The third-order valence-electron chi connectivity index (χ3n) is 2.93. The molecule has 17 heavy (non-hydrogen) atoms. The molecule has 3 nitrogen and oxygen atoms in total. The van der Waals surface area contributed by atoms with Crippen molar-refractivity contribution in [3.05, 3.63) is 23.5 Å². The minimum atomic E-state index is 0.444. The highest BCUT2D eigenvalue weighted by Gasteiger charge is 2.17. The number of hydrogen-bond donors (Lipinski definition) is 0. The molecule has 0 aromatic carbocycles. The van der Waals surface area contributed by atoms with Gasteiger partial charge in [-0.1, -0.05) is 19.3 Å². The van der Waals surface area contributed by atoms with Crippen molar-refractivity contribution in [3.8, 4) is 12.1 Å². The molecule has 86 valence electrons. The highest BCUT2D eigenvalue weighted by atomic mass is 32.2. The van der Waals surface area contributed by atoms with Gasteiger partial charge in [-0.3, -0.25) is 0 Å². The van der Waals surface area contributed by atoms with E-state index >= 15 is 0 Å². The van der Waals surface area contributed by atoms with E-state index in [2.05, 4.69) is 17.1 Å². The lowest BCUT2D eigenvalue weighted by molar-refractivity contribution is 0.516. The molecule has 0 radical (unpaired) electrons. The van der Waals surface area contributed by atoms with Crippen molar-refractivity contribution in [2.24, 2.45) is 0 Å². The second-order valence-electron chi connectivity index (χ2n) is 4.17. The predicted octanol–water partition coefficient (Wildman–Crippen LogP) is 3.25. The fraction of sp³-hybridized carbons (Fsp3) is 0.462. The molecule has 1 aromatic heterocycles. The van der Waals surface area contributed by atoms with Gasteiger partial charge in [0.2, 0.25) is 0 Å². The minimum Gasteiger partial charge on any atom is -0.243 e. The predicted molar refractivity (Wildman–Crippen MR) is 66.4 cm³/mol. The Hall–Kier alpha value is -1.52. The Morgan fingerprint density at radius 3 is 2.59 bits per heavy atom. The molecule has 1 aliphatic carbocycles. The van der Waals surface area contributed by atoms with Crippen LogP contribution in [0.3, 0.4) is 0 Å². The Balaban J connectivity index is 2.18. The molecule has 0 N–H and O–H groups in total. The van der Waals surface area contributed by atoms with Gasteiger partial charge in [0.1, 0.15) is 12.1 Å². The van der Waals surface area contributed by atoms with Crippen LogP contribution in [0.4, 0.5) is 0 Å². The van der Waals surface area contributed by atoms with E-state index in [1.54, 1.807) is 17.8 Å². The molecule has 1 aliphatic rings. The van der Waals surface area contributed by atoms with Crippen LogP contribution in [0.1, 0.15) is 43.4 Å². The average Bonchev–Trinajstić information content (AvgIpc) is 2.40. The number of thioether (sulfide) groups is 1. The molecule has 0 aliphatic heterocycles. The van der Waals surface area contributed by atoms with Crippen molar-refractivity contribution in [3.63, 3.8) is 0 Å². The molecule has 0 amide bonds. The van der Waals surface area contributed by atoms with E-state index in [4.69, 9.17) is 10.5 Å². The van der Waals surface area contributed by atoms with Gasteiger partial charge in [-0.2, -0.15) is 10.5 Å². The fourth-order valence-electron chi connectivity index (χ4n) is 2.04. The fourth-order valence-corrected chi connectivity index (χ4v) is 3.38. The lowest BCUT2D eigenvalue weighted by Gasteiger charge is -2.21. The van der Waals surface area contributed by atoms with E-state index in [-0.39, 0.29) is 0 Å². The van der Waals surface area contributed by atoms with Gasteiger partial charge in [-0.05, 0) is 18.9 Å². The number of rotatable bonds is 2. The summed E-state index contributed by atoms with van der Waals surface area (Å²) < 4.78 is 0. The molecule has 0 atom stereocenters. The van der Waals surface area contributed by atoms with E-state index in [1.807, 2.05) is 0 Å². The molecule has 0 saturated heterocycles. The van der Waals surface area contributed by atoms with Crippen molar-refractivity contribution >= 4 is 11.8 Å². The highest BCUT2D eigenvalue weighted by molar-refractivity contribution is 8.00. The maximum absolute atomic E-state index is 9.00. The largest absolute Gasteiger partial charge is 0.243 e. The number of nitrogens with zero attached hydrogens (tertiary/aromatic N) is 3. The van der Waals surface area contributed by atoms with Gasteiger partial charge in [0.25, 0.3) is 0 Å². The summed E-state index contributed by atoms with van der Waals surface area (Å²) in [6, 6.07) is 5.95. The first-order valence-electron chi connectivity index (χ1n) is 5.80. The van der Waals surface area contributed by atoms with Crippen molar-refractivity contribution < 1.29 is 0 Å². The molecule has 4 heteroatoms. The molecule has 2 rings (SSSR count). The number of hydrogen-bond acceptors (Lipinski definition) is 4. The summed E-state index contributed by atoms with van der Waals surface area (Å²) >= 11 is 1.71. The topological polar surface area (TPSA) is 60.5 Å². The Bertz CT molecular complexity index is 478. The van der Waals surface area contributed by atoms with Crippen LogP contribution < -0.4 is 0 Å². The minimum absolute atomic E-state index is 0.444. The lowest BCUT2D eigenvalue weighted by atomic mass is 10.0. The second kappa shape index (κ2) is 5.70. The zero-order valence-corrected chi connectivity index (χ0v) is 10.3. The summed E-state index contributed by atoms with van der Waals surface area (Å²) in [6.07, 6.45) is 7.72. The first kappa shape index (κ1) is 12.0. The zero-order valence-electron chi connectivity index (χ0n) is 9.52. The highest BCUT2D eigenvalue weighted by Crippen LogP contribution is 2.34. The van der Waals surface area contributed by atoms with E-state index in [9.17, 15) is 0 Å². The lowest BCUT2D eigenvalue weighted by Crippen LogP contribution is -2.08. The van der Waals surface area contributed by atoms with Crippen LogP contribution >= 0.6 is 11.8 Å². The number of nitriles is 2. The van der Waals surface area contributed by atoms with Crippen LogP contribution in [-0.4, -0.2) is 10.2 Å². The first-order chi connectivity index (χ1) is 8.33. The van der Waals surface area contributed by atoms with Crippen LogP contribution in [-0.2, 0) is 0 Å². The van der Waals surface area contributed by atoms with Gasteiger partial charge in [0, 0.05) is 16.3 Å². The second-order valence-corrected chi connectivity index (χ2v) is 5.51. The van der Waals surface area contributed by atoms with Crippen molar-refractivity contribution in [2.75, 3.05) is 0 Å². The first-order valence-corrected chi connectivity index (χ1v) is 6.68. The summed E-state index contributed by atoms with van der Waals surface area (Å²) in [6.45, 7) is 0. The van der Waals surface area contributed by atoms with Gasteiger partial charge >= 0.3 is 0 Å². The Morgan fingerprint density at radius 2 is 1.94 bits per heavy atom. The normalized spacial score (nSPS) is 16.1. The number of aromatic nitrogens is 1. The maximum atomic E-state index is 9.00. The van der Waals surface area contributed by atoms with E-state index in [0.29, 0.717) is 16.5 Å². The third kappa shape index (κ3) is 2.99. The quantitative estimate of drug-likeness (QED) is 0.800. The number of pyridine rings is 1. The molecule has 0 bridgehead atoms. The Kier molecular flexibility index (Phi) is 4.01. The van der Waals surface area contributed by atoms with E-state index in [0.717, 1.165) is 4.90 Å². The average molecular weight is 243 g/mol. The molecular formula is C13H13N3S. The third-order valence-corrected chi connectivity index (χ3v) is 4.30. The van der Waals surface area contributed by atoms with Gasteiger partial charge in [-0.25, -0.2) is 4.98 Å². The molecule has 1 saturated carbocycles. The summed E-state index contributed by atoms with van der Waals surface area (Å²) in [4.78, 5) is 4.89. The van der Waals surface area contributed by atoms with Crippen molar-refractivity contribution in [1.29, 1.82) is 10.5 Å². The molecule has 1 aromatic rings. The van der Waals surface area contributed by atoms with Gasteiger partial charge in [0.15, 0.2) is 5.69 Å². The van der Waals surface area contributed by atoms with Gasteiger partial charge in [-0.15, -0.1) is 11.8 Å². The molecule has 0 spiro atoms. The summed E-state index contributed by atoms with van der Waals surface area (Å²) in [5.41, 5.74) is 0.974. The van der Waals surface area contributed by atoms with Gasteiger partial charge < -0.3 is 0 Å². The zero-order chi connectivity index (χ0) is 12.1. The van der Waals surface area contributed by atoms with Crippen molar-refractivity contribution in [1.82, 2.24) is 4.98 Å². The molecule has 1 fully saturated rings. The van der Waals surface area contributed by atoms with Crippen LogP contribution in [0.2, 0.25) is 0 Å². The van der Waals surface area contributed by atoms with Crippen LogP contribution in [0.15, 0.2) is 17.2 Å².